The number of amides is 1. The SMILES string of the molecule is O=C(NC1CCOC1)c1ccccc1-n1cnc(CN2N=C(c3ccc(Cl)cc3)N(C[C@H](O)C(F)(F)F)C2O)n1. The number of carbonyl (C=O) groups excluding carboxylic acids is 1. The normalized spacial score (nSPS) is 20.1. The van der Waals surface area contributed by atoms with Crippen molar-refractivity contribution in [3.05, 3.63) is 76.8 Å². The second-order valence-electron chi connectivity index (χ2n) is 9.24. The van der Waals surface area contributed by atoms with E-state index in [1.165, 1.54) is 35.3 Å². The molecule has 3 heterocycles. The second-order valence-corrected chi connectivity index (χ2v) is 9.68. The fourth-order valence-electron chi connectivity index (χ4n) is 4.32. The third kappa shape index (κ3) is 6.04. The molecule has 1 amide bonds. The number of para-hydroxylation sites is 1. The lowest BCUT2D eigenvalue weighted by atomic mass is 10.1. The molecule has 0 bridgehead atoms. The summed E-state index contributed by atoms with van der Waals surface area (Å²) in [7, 11) is 0. The Balaban J connectivity index is 1.37. The zero-order chi connectivity index (χ0) is 28.4. The summed E-state index contributed by atoms with van der Waals surface area (Å²) in [6, 6.07) is 12.9. The molecule has 1 saturated heterocycles. The molecule has 11 nitrogen and oxygen atoms in total. The Morgan fingerprint density at radius 1 is 1.20 bits per heavy atom. The number of alkyl halides is 3. The van der Waals surface area contributed by atoms with Crippen molar-refractivity contribution in [2.24, 2.45) is 5.10 Å². The van der Waals surface area contributed by atoms with Crippen LogP contribution in [-0.2, 0) is 11.3 Å². The number of nitrogens with zero attached hydrogens (tertiary/aromatic N) is 6. The van der Waals surface area contributed by atoms with E-state index in [-0.39, 0.29) is 30.2 Å². The summed E-state index contributed by atoms with van der Waals surface area (Å²) in [4.78, 5) is 18.1. The molecule has 2 unspecified atom stereocenters. The first-order chi connectivity index (χ1) is 19.1. The van der Waals surface area contributed by atoms with E-state index in [1.54, 1.807) is 24.3 Å². The zero-order valence-electron chi connectivity index (χ0n) is 20.9. The minimum absolute atomic E-state index is 0.00445. The Bertz CT molecular complexity index is 1380. The molecule has 3 N–H and O–H groups in total. The highest BCUT2D eigenvalue weighted by molar-refractivity contribution is 6.30. The van der Waals surface area contributed by atoms with Crippen LogP contribution in [0.5, 0.6) is 0 Å². The molecule has 40 heavy (non-hydrogen) atoms. The molecule has 0 radical (unpaired) electrons. The van der Waals surface area contributed by atoms with E-state index in [9.17, 15) is 28.2 Å². The van der Waals surface area contributed by atoms with Crippen LogP contribution >= 0.6 is 11.6 Å². The molecule has 3 aromatic rings. The van der Waals surface area contributed by atoms with E-state index in [2.05, 4.69) is 20.5 Å². The summed E-state index contributed by atoms with van der Waals surface area (Å²) in [5.41, 5.74) is 1.20. The smallest absolute Gasteiger partial charge is 0.382 e. The van der Waals surface area contributed by atoms with Gasteiger partial charge in [0.2, 0.25) is 6.35 Å². The van der Waals surface area contributed by atoms with Crippen LogP contribution in [0.15, 0.2) is 60.0 Å². The molecule has 1 fully saturated rings. The summed E-state index contributed by atoms with van der Waals surface area (Å²) < 4.78 is 46.1. The van der Waals surface area contributed by atoms with Crippen molar-refractivity contribution in [1.82, 2.24) is 30.0 Å². The number of aliphatic hydroxyl groups excluding tert-OH is 2. The van der Waals surface area contributed by atoms with Gasteiger partial charge in [-0.2, -0.15) is 18.3 Å². The summed E-state index contributed by atoms with van der Waals surface area (Å²) in [6.45, 7) is -0.123. The number of amidine groups is 1. The van der Waals surface area contributed by atoms with E-state index < -0.39 is 25.2 Å². The predicted molar refractivity (Wildman–Crippen MR) is 136 cm³/mol. The average Bonchev–Trinajstić information content (AvgIpc) is 3.67. The Morgan fingerprint density at radius 3 is 2.65 bits per heavy atom. The van der Waals surface area contributed by atoms with Crippen molar-refractivity contribution in [2.75, 3.05) is 19.8 Å². The van der Waals surface area contributed by atoms with Gasteiger partial charge in [-0.1, -0.05) is 23.7 Å². The number of hydrogen-bond donors (Lipinski definition) is 3. The maximum atomic E-state index is 13.1. The van der Waals surface area contributed by atoms with Crippen molar-refractivity contribution < 1.29 is 32.9 Å². The number of ether oxygens (including phenoxy) is 1. The van der Waals surface area contributed by atoms with Gasteiger partial charge in [-0.3, -0.25) is 4.79 Å². The van der Waals surface area contributed by atoms with E-state index >= 15 is 0 Å². The molecule has 0 saturated carbocycles. The Kier molecular flexibility index (Phi) is 7.94. The Hall–Kier alpha value is -3.72. The predicted octanol–water partition coefficient (Wildman–Crippen LogP) is 2.12. The van der Waals surface area contributed by atoms with Gasteiger partial charge in [-0.05, 0) is 42.8 Å². The molecule has 2 aliphatic heterocycles. The first-order valence-corrected chi connectivity index (χ1v) is 12.7. The monoisotopic (exact) mass is 579 g/mol. The fraction of sp³-hybridized carbons (Fsp3) is 0.360. The lowest BCUT2D eigenvalue weighted by molar-refractivity contribution is -0.212. The van der Waals surface area contributed by atoms with Crippen LogP contribution < -0.4 is 5.32 Å². The molecule has 2 aromatic carbocycles. The molecular formula is C25H25ClF3N7O4. The quantitative estimate of drug-likeness (QED) is 0.370. The van der Waals surface area contributed by atoms with Gasteiger partial charge in [0.05, 0.1) is 30.4 Å². The highest BCUT2D eigenvalue weighted by atomic mass is 35.5. The number of β-amino-alcohol motifs (C(OH)–C–C–N with tert-alkyl or cyclic N) is 1. The van der Waals surface area contributed by atoms with Gasteiger partial charge in [-0.25, -0.2) is 14.7 Å². The molecular weight excluding hydrogens is 555 g/mol. The summed E-state index contributed by atoms with van der Waals surface area (Å²) in [5, 5.41) is 33.7. The van der Waals surface area contributed by atoms with Crippen molar-refractivity contribution >= 4 is 23.3 Å². The first-order valence-electron chi connectivity index (χ1n) is 12.3. The van der Waals surface area contributed by atoms with Crippen LogP contribution in [0, 0.1) is 0 Å². The van der Waals surface area contributed by atoms with Crippen LogP contribution in [-0.4, -0.2) is 91.1 Å². The molecule has 15 heteroatoms. The molecule has 1 aromatic heterocycles. The van der Waals surface area contributed by atoms with Gasteiger partial charge < -0.3 is 25.2 Å². The minimum Gasteiger partial charge on any atom is -0.382 e. The fourth-order valence-corrected chi connectivity index (χ4v) is 4.44. The van der Waals surface area contributed by atoms with Crippen LogP contribution in [0.1, 0.15) is 28.2 Å². The van der Waals surface area contributed by atoms with Crippen molar-refractivity contribution in [3.8, 4) is 5.69 Å². The topological polar surface area (TPSA) is 128 Å². The second kappa shape index (κ2) is 11.4. The van der Waals surface area contributed by atoms with Crippen molar-refractivity contribution in [3.63, 3.8) is 0 Å². The molecule has 212 valence electrons. The number of aliphatic hydroxyl groups is 2. The van der Waals surface area contributed by atoms with Crippen molar-refractivity contribution in [2.45, 2.75) is 37.6 Å². The third-order valence-electron chi connectivity index (χ3n) is 6.39. The molecule has 5 rings (SSSR count). The summed E-state index contributed by atoms with van der Waals surface area (Å²) in [5.74, 6) is -0.116. The van der Waals surface area contributed by atoms with Gasteiger partial charge in [-0.15, -0.1) is 5.10 Å². The Morgan fingerprint density at radius 2 is 1.95 bits per heavy atom. The standard InChI is InChI=1S/C25H25ClF3N7O4/c26-16-7-5-15(6-8-16)22-33-35(24(39)34(22)11-20(37)25(27,28)29)12-21-30-14-36(32-21)19-4-2-1-3-18(19)23(38)31-17-9-10-40-13-17/h1-8,14,17,20,24,37,39H,9-13H2,(H,31,38)/t17?,20-,24?/m0/s1. The maximum absolute atomic E-state index is 13.1. The maximum Gasteiger partial charge on any atom is 0.416 e. The van der Waals surface area contributed by atoms with E-state index in [1.807, 2.05) is 0 Å². The van der Waals surface area contributed by atoms with Gasteiger partial charge in [0.25, 0.3) is 5.91 Å². The largest absolute Gasteiger partial charge is 0.416 e. The van der Waals surface area contributed by atoms with Gasteiger partial charge in [0, 0.05) is 17.2 Å². The van der Waals surface area contributed by atoms with Crippen LogP contribution in [0.3, 0.4) is 0 Å². The summed E-state index contributed by atoms with van der Waals surface area (Å²) in [6.07, 6.45) is -7.17. The van der Waals surface area contributed by atoms with Crippen LogP contribution in [0.4, 0.5) is 13.2 Å². The van der Waals surface area contributed by atoms with Gasteiger partial charge >= 0.3 is 6.18 Å². The number of hydrazone groups is 1. The highest BCUT2D eigenvalue weighted by Gasteiger charge is 2.43. The zero-order valence-corrected chi connectivity index (χ0v) is 21.6. The van der Waals surface area contributed by atoms with E-state index in [0.29, 0.717) is 35.1 Å². The molecule has 0 spiro atoms. The van der Waals surface area contributed by atoms with Gasteiger partial charge in [0.15, 0.2) is 17.8 Å². The highest BCUT2D eigenvalue weighted by Crippen LogP contribution is 2.27. The minimum atomic E-state index is -4.90. The van der Waals surface area contributed by atoms with Crippen molar-refractivity contribution in [1.29, 1.82) is 0 Å². The number of hydrogen-bond acceptors (Lipinski definition) is 9. The Labute approximate surface area is 231 Å². The number of halogens is 4. The summed E-state index contributed by atoms with van der Waals surface area (Å²) >= 11 is 5.94. The lowest BCUT2D eigenvalue weighted by Crippen LogP contribution is -2.49. The number of benzene rings is 2. The molecule has 3 atom stereocenters. The van der Waals surface area contributed by atoms with E-state index in [0.717, 1.165) is 16.3 Å². The number of carbonyl (C=O) groups is 1. The average molecular weight is 580 g/mol. The lowest BCUT2D eigenvalue weighted by Gasteiger charge is -2.29. The van der Waals surface area contributed by atoms with Crippen LogP contribution in [0.2, 0.25) is 5.02 Å². The molecule has 0 aliphatic carbocycles. The number of aromatic nitrogens is 3. The third-order valence-corrected chi connectivity index (χ3v) is 6.65. The van der Waals surface area contributed by atoms with Gasteiger partial charge in [0.1, 0.15) is 12.9 Å². The number of nitrogens with one attached hydrogen (secondary N) is 1. The molecule has 2 aliphatic rings. The number of rotatable bonds is 8. The van der Waals surface area contributed by atoms with E-state index in [4.69, 9.17) is 16.3 Å². The first kappa shape index (κ1) is 27.8. The van der Waals surface area contributed by atoms with Crippen LogP contribution in [0.25, 0.3) is 5.69 Å².